The molecule has 1 saturated carbocycles. The van der Waals surface area contributed by atoms with Gasteiger partial charge in [-0.2, -0.15) is 0 Å². The third-order valence-electron chi connectivity index (χ3n) is 5.82. The van der Waals surface area contributed by atoms with Crippen molar-refractivity contribution in [3.63, 3.8) is 0 Å². The molecule has 0 bridgehead atoms. The number of hydrogen-bond donors (Lipinski definition) is 1. The molecule has 2 heterocycles. The minimum absolute atomic E-state index is 0.102. The first-order valence-corrected chi connectivity index (χ1v) is 8.49. The van der Waals surface area contributed by atoms with Crippen molar-refractivity contribution >= 4 is 5.91 Å². The summed E-state index contributed by atoms with van der Waals surface area (Å²) >= 11 is 0. The second kappa shape index (κ2) is 6.02. The molecule has 0 aromatic carbocycles. The van der Waals surface area contributed by atoms with Gasteiger partial charge in [-0.15, -0.1) is 0 Å². The molecule has 1 aliphatic carbocycles. The maximum Gasteiger partial charge on any atom is 0.230 e. The van der Waals surface area contributed by atoms with Crippen LogP contribution >= 0.6 is 0 Å². The van der Waals surface area contributed by atoms with Crippen LogP contribution in [0.25, 0.3) is 0 Å². The average molecular weight is 279 g/mol. The van der Waals surface area contributed by atoms with Gasteiger partial charge in [0.25, 0.3) is 0 Å². The predicted molar refractivity (Wildman–Crippen MR) is 80.6 cm³/mol. The molecule has 3 aliphatic rings. The fourth-order valence-corrected chi connectivity index (χ4v) is 4.27. The van der Waals surface area contributed by atoms with Gasteiger partial charge in [0.2, 0.25) is 5.91 Å². The van der Waals surface area contributed by atoms with Crippen molar-refractivity contribution in [3.8, 4) is 0 Å². The Morgan fingerprint density at radius 3 is 2.45 bits per heavy atom. The lowest BCUT2D eigenvalue weighted by atomic mass is 9.82. The Morgan fingerprint density at radius 1 is 1.20 bits per heavy atom. The Balaban J connectivity index is 1.56. The molecule has 1 atom stereocenters. The molecule has 3 fully saturated rings. The van der Waals surface area contributed by atoms with Crippen molar-refractivity contribution in [2.75, 3.05) is 39.3 Å². The molecule has 1 amide bonds. The highest BCUT2D eigenvalue weighted by Gasteiger charge is 2.42. The zero-order valence-corrected chi connectivity index (χ0v) is 12.9. The van der Waals surface area contributed by atoms with E-state index < -0.39 is 0 Å². The third kappa shape index (κ3) is 2.60. The van der Waals surface area contributed by atoms with Crippen LogP contribution < -0.4 is 5.32 Å². The summed E-state index contributed by atoms with van der Waals surface area (Å²) in [5.74, 6) is 0.413. The van der Waals surface area contributed by atoms with Crippen LogP contribution in [0.5, 0.6) is 0 Å². The van der Waals surface area contributed by atoms with E-state index in [1.807, 2.05) is 0 Å². The quantitative estimate of drug-likeness (QED) is 0.849. The smallest absolute Gasteiger partial charge is 0.230 e. The SMILES string of the molecule is CCC1(C(=O)N2CCN(C3CCCC3)CC2)CCNC1. The third-order valence-corrected chi connectivity index (χ3v) is 5.82. The van der Waals surface area contributed by atoms with Crippen LogP contribution in [0.3, 0.4) is 0 Å². The van der Waals surface area contributed by atoms with E-state index >= 15 is 0 Å². The van der Waals surface area contributed by atoms with Crippen molar-refractivity contribution in [3.05, 3.63) is 0 Å². The van der Waals surface area contributed by atoms with E-state index in [0.29, 0.717) is 5.91 Å². The molecule has 4 nitrogen and oxygen atoms in total. The summed E-state index contributed by atoms with van der Waals surface area (Å²) in [5.41, 5.74) is -0.102. The Hall–Kier alpha value is -0.610. The number of rotatable bonds is 3. The van der Waals surface area contributed by atoms with E-state index in [-0.39, 0.29) is 5.41 Å². The van der Waals surface area contributed by atoms with Crippen LogP contribution in [0.4, 0.5) is 0 Å². The highest BCUT2D eigenvalue weighted by Crippen LogP contribution is 2.32. The lowest BCUT2D eigenvalue weighted by Gasteiger charge is -2.41. The number of amides is 1. The number of nitrogens with one attached hydrogen (secondary N) is 1. The largest absolute Gasteiger partial charge is 0.340 e. The molecule has 1 N–H and O–H groups in total. The van der Waals surface area contributed by atoms with Crippen LogP contribution in [0, 0.1) is 5.41 Å². The molecule has 0 aromatic rings. The van der Waals surface area contributed by atoms with Crippen molar-refractivity contribution in [1.29, 1.82) is 0 Å². The second-order valence-corrected chi connectivity index (χ2v) is 6.83. The van der Waals surface area contributed by atoms with Crippen molar-refractivity contribution < 1.29 is 4.79 Å². The van der Waals surface area contributed by atoms with Gasteiger partial charge in [-0.25, -0.2) is 0 Å². The van der Waals surface area contributed by atoms with E-state index in [2.05, 4.69) is 22.0 Å². The summed E-state index contributed by atoms with van der Waals surface area (Å²) in [6, 6.07) is 0.806. The summed E-state index contributed by atoms with van der Waals surface area (Å²) in [6.45, 7) is 8.11. The fraction of sp³-hybridized carbons (Fsp3) is 0.938. The number of hydrogen-bond acceptors (Lipinski definition) is 3. The molecule has 1 unspecified atom stereocenters. The highest BCUT2D eigenvalue weighted by molar-refractivity contribution is 5.83. The van der Waals surface area contributed by atoms with Crippen LogP contribution in [0.2, 0.25) is 0 Å². The summed E-state index contributed by atoms with van der Waals surface area (Å²) in [7, 11) is 0. The Kier molecular flexibility index (Phi) is 4.32. The van der Waals surface area contributed by atoms with Crippen molar-refractivity contribution in [2.45, 2.75) is 51.5 Å². The summed E-state index contributed by atoms with van der Waals surface area (Å²) < 4.78 is 0. The second-order valence-electron chi connectivity index (χ2n) is 6.83. The first kappa shape index (κ1) is 14.3. The van der Waals surface area contributed by atoms with Crippen LogP contribution in [-0.2, 0) is 4.79 Å². The number of carbonyl (C=O) groups is 1. The van der Waals surface area contributed by atoms with Gasteiger partial charge in [-0.1, -0.05) is 19.8 Å². The summed E-state index contributed by atoms with van der Waals surface area (Å²) in [4.78, 5) is 17.6. The average Bonchev–Trinajstić information content (AvgIpc) is 3.18. The van der Waals surface area contributed by atoms with E-state index in [1.165, 1.54) is 25.7 Å². The van der Waals surface area contributed by atoms with Crippen LogP contribution in [-0.4, -0.2) is 61.0 Å². The van der Waals surface area contributed by atoms with E-state index in [9.17, 15) is 4.79 Å². The van der Waals surface area contributed by atoms with Gasteiger partial charge in [0, 0.05) is 38.8 Å². The maximum atomic E-state index is 12.8. The Labute approximate surface area is 122 Å². The normalized spacial score (nSPS) is 33.0. The summed E-state index contributed by atoms with van der Waals surface area (Å²) in [5, 5.41) is 3.38. The first-order valence-electron chi connectivity index (χ1n) is 8.49. The van der Waals surface area contributed by atoms with Gasteiger partial charge in [0.05, 0.1) is 5.41 Å². The fourth-order valence-electron chi connectivity index (χ4n) is 4.27. The minimum atomic E-state index is -0.102. The number of carbonyl (C=O) groups excluding carboxylic acids is 1. The zero-order valence-electron chi connectivity index (χ0n) is 12.9. The monoisotopic (exact) mass is 279 g/mol. The maximum absolute atomic E-state index is 12.8. The standard InChI is InChI=1S/C16H29N3O/c1-2-16(7-8-17-13-16)15(20)19-11-9-18(10-12-19)14-5-3-4-6-14/h14,17H,2-13H2,1H3. The molecule has 20 heavy (non-hydrogen) atoms. The van der Waals surface area contributed by atoms with Gasteiger partial charge in [-0.05, 0) is 32.2 Å². The van der Waals surface area contributed by atoms with Crippen molar-refractivity contribution in [2.24, 2.45) is 5.41 Å². The molecule has 3 rings (SSSR count). The van der Waals surface area contributed by atoms with Crippen molar-refractivity contribution in [1.82, 2.24) is 15.1 Å². The lowest BCUT2D eigenvalue weighted by molar-refractivity contribution is -0.143. The summed E-state index contributed by atoms with van der Waals surface area (Å²) in [6.07, 6.45) is 7.53. The van der Waals surface area contributed by atoms with Gasteiger partial charge >= 0.3 is 0 Å². The first-order chi connectivity index (χ1) is 9.75. The molecule has 2 saturated heterocycles. The molecule has 0 aromatic heterocycles. The van der Waals surface area contributed by atoms with Crippen LogP contribution in [0.15, 0.2) is 0 Å². The molecule has 114 valence electrons. The Bertz CT molecular complexity index is 338. The molecule has 4 heteroatoms. The molecule has 0 spiro atoms. The van der Waals surface area contributed by atoms with E-state index in [1.54, 1.807) is 0 Å². The molecule has 2 aliphatic heterocycles. The van der Waals surface area contributed by atoms with E-state index in [0.717, 1.165) is 58.2 Å². The van der Waals surface area contributed by atoms with E-state index in [4.69, 9.17) is 0 Å². The lowest BCUT2D eigenvalue weighted by Crippen LogP contribution is -2.55. The molecular weight excluding hydrogens is 250 g/mol. The Morgan fingerprint density at radius 2 is 1.90 bits per heavy atom. The molecule has 0 radical (unpaired) electrons. The van der Waals surface area contributed by atoms with Gasteiger partial charge < -0.3 is 10.2 Å². The number of nitrogens with zero attached hydrogens (tertiary/aromatic N) is 2. The zero-order chi connectivity index (χ0) is 14.0. The molecular formula is C16H29N3O. The van der Waals surface area contributed by atoms with Gasteiger partial charge in [0.15, 0.2) is 0 Å². The van der Waals surface area contributed by atoms with Gasteiger partial charge in [-0.3, -0.25) is 9.69 Å². The minimum Gasteiger partial charge on any atom is -0.340 e. The number of piperazine rings is 1. The highest BCUT2D eigenvalue weighted by atomic mass is 16.2. The topological polar surface area (TPSA) is 35.6 Å². The van der Waals surface area contributed by atoms with Crippen LogP contribution in [0.1, 0.15) is 45.4 Å². The predicted octanol–water partition coefficient (Wildman–Crippen LogP) is 1.46. The van der Waals surface area contributed by atoms with Gasteiger partial charge in [0.1, 0.15) is 0 Å².